The predicted octanol–water partition coefficient (Wildman–Crippen LogP) is 3.79. The number of benzene rings is 1. The maximum atomic E-state index is 11.9. The first-order valence-electron chi connectivity index (χ1n) is 5.03. The molecule has 19 heavy (non-hydrogen) atoms. The number of halogens is 4. The number of alkyl halides is 3. The van der Waals surface area contributed by atoms with Gasteiger partial charge in [0.2, 0.25) is 0 Å². The van der Waals surface area contributed by atoms with Gasteiger partial charge in [-0.25, -0.2) is 0 Å². The van der Waals surface area contributed by atoms with Gasteiger partial charge in [-0.05, 0) is 17.8 Å². The number of hydrogen-bond donors (Lipinski definition) is 0. The standard InChI is InChI=1S/C11H10ClF3O3S/c1-17-9-5-8(12)4-7(6-16)10(9)18-2-3-19-11(13,14)15/h4-6H,2-3H2,1H3. The van der Waals surface area contributed by atoms with Gasteiger partial charge >= 0.3 is 5.51 Å². The van der Waals surface area contributed by atoms with E-state index in [1.165, 1.54) is 19.2 Å². The molecule has 0 N–H and O–H groups in total. The summed E-state index contributed by atoms with van der Waals surface area (Å²) in [5.41, 5.74) is -4.18. The fourth-order valence-electron chi connectivity index (χ4n) is 1.28. The first-order chi connectivity index (χ1) is 8.87. The second-order valence-electron chi connectivity index (χ2n) is 3.29. The van der Waals surface area contributed by atoms with Crippen molar-refractivity contribution in [3.05, 3.63) is 22.7 Å². The van der Waals surface area contributed by atoms with E-state index in [2.05, 4.69) is 0 Å². The Hall–Kier alpha value is -1.08. The van der Waals surface area contributed by atoms with Crippen LogP contribution in [0.3, 0.4) is 0 Å². The van der Waals surface area contributed by atoms with Crippen LogP contribution in [0.2, 0.25) is 5.02 Å². The van der Waals surface area contributed by atoms with Crippen LogP contribution >= 0.6 is 23.4 Å². The number of ether oxygens (including phenoxy) is 2. The third-order valence-corrected chi connectivity index (χ3v) is 2.91. The molecule has 0 amide bonds. The molecule has 0 heterocycles. The lowest BCUT2D eigenvalue weighted by Gasteiger charge is -2.13. The van der Waals surface area contributed by atoms with Gasteiger partial charge in [0.25, 0.3) is 0 Å². The van der Waals surface area contributed by atoms with Crippen molar-refractivity contribution in [2.45, 2.75) is 5.51 Å². The van der Waals surface area contributed by atoms with Crippen molar-refractivity contribution in [3.63, 3.8) is 0 Å². The number of carbonyl (C=O) groups excluding carboxylic acids is 1. The summed E-state index contributed by atoms with van der Waals surface area (Å²) in [6.07, 6.45) is 0.501. The minimum Gasteiger partial charge on any atom is -0.493 e. The summed E-state index contributed by atoms with van der Waals surface area (Å²) >= 11 is 5.56. The van der Waals surface area contributed by atoms with Crippen LogP contribution in [0, 0.1) is 0 Å². The first-order valence-corrected chi connectivity index (χ1v) is 6.40. The van der Waals surface area contributed by atoms with Crippen LogP contribution in [0.25, 0.3) is 0 Å². The van der Waals surface area contributed by atoms with Gasteiger partial charge in [-0.3, -0.25) is 4.79 Å². The quantitative estimate of drug-likeness (QED) is 0.591. The van der Waals surface area contributed by atoms with Crippen molar-refractivity contribution >= 4 is 29.6 Å². The smallest absolute Gasteiger partial charge is 0.441 e. The SMILES string of the molecule is COc1cc(Cl)cc(C=O)c1OCCSC(F)(F)F. The average molecular weight is 315 g/mol. The number of thioether (sulfide) groups is 1. The molecule has 1 aromatic carbocycles. The van der Waals surface area contributed by atoms with Crippen molar-refractivity contribution in [2.75, 3.05) is 19.5 Å². The minimum absolute atomic E-state index is 0.0877. The lowest BCUT2D eigenvalue weighted by Crippen LogP contribution is -2.09. The van der Waals surface area contributed by atoms with E-state index in [4.69, 9.17) is 21.1 Å². The van der Waals surface area contributed by atoms with Gasteiger partial charge in [-0.1, -0.05) is 11.6 Å². The van der Waals surface area contributed by atoms with Crippen molar-refractivity contribution < 1.29 is 27.4 Å². The molecule has 0 saturated carbocycles. The van der Waals surface area contributed by atoms with E-state index in [-0.39, 0.29) is 46.2 Å². The molecule has 0 fully saturated rings. The minimum atomic E-state index is -4.30. The fourth-order valence-corrected chi connectivity index (χ4v) is 1.90. The molecule has 1 aromatic rings. The largest absolute Gasteiger partial charge is 0.493 e. The van der Waals surface area contributed by atoms with E-state index in [1.54, 1.807) is 0 Å². The summed E-state index contributed by atoms with van der Waals surface area (Å²) < 4.78 is 45.9. The van der Waals surface area contributed by atoms with E-state index in [0.717, 1.165) is 0 Å². The van der Waals surface area contributed by atoms with Crippen molar-refractivity contribution in [1.82, 2.24) is 0 Å². The Morgan fingerprint density at radius 1 is 1.42 bits per heavy atom. The molecule has 8 heteroatoms. The zero-order chi connectivity index (χ0) is 14.5. The highest BCUT2D eigenvalue weighted by Gasteiger charge is 2.27. The van der Waals surface area contributed by atoms with Gasteiger partial charge in [0, 0.05) is 16.8 Å². The normalized spacial score (nSPS) is 11.2. The summed E-state index contributed by atoms with van der Waals surface area (Å²) in [7, 11) is 1.34. The Morgan fingerprint density at radius 2 is 2.11 bits per heavy atom. The lowest BCUT2D eigenvalue weighted by atomic mass is 10.2. The van der Waals surface area contributed by atoms with Crippen molar-refractivity contribution in [2.24, 2.45) is 0 Å². The van der Waals surface area contributed by atoms with E-state index in [9.17, 15) is 18.0 Å². The highest BCUT2D eigenvalue weighted by molar-refractivity contribution is 8.00. The number of aldehydes is 1. The summed E-state index contributed by atoms with van der Waals surface area (Å²) in [6.45, 7) is -0.205. The summed E-state index contributed by atoms with van der Waals surface area (Å²) in [6, 6.07) is 2.77. The number of rotatable bonds is 6. The zero-order valence-corrected chi connectivity index (χ0v) is 11.4. The fraction of sp³-hybridized carbons (Fsp3) is 0.364. The Balaban J connectivity index is 2.74. The molecule has 1 rings (SSSR count). The molecule has 0 aromatic heterocycles. The molecule has 0 unspecified atom stereocenters. The molecule has 0 aliphatic rings. The zero-order valence-electron chi connectivity index (χ0n) is 9.79. The van der Waals surface area contributed by atoms with Crippen LogP contribution < -0.4 is 9.47 Å². The number of hydrogen-bond acceptors (Lipinski definition) is 4. The van der Waals surface area contributed by atoms with Gasteiger partial charge < -0.3 is 9.47 Å². The maximum absolute atomic E-state index is 11.9. The van der Waals surface area contributed by atoms with Crippen molar-refractivity contribution in [3.8, 4) is 11.5 Å². The number of methoxy groups -OCH3 is 1. The molecule has 0 aliphatic carbocycles. The molecule has 0 atom stereocenters. The van der Waals surface area contributed by atoms with E-state index >= 15 is 0 Å². The number of carbonyl (C=O) groups is 1. The van der Waals surface area contributed by atoms with Crippen molar-refractivity contribution in [1.29, 1.82) is 0 Å². The van der Waals surface area contributed by atoms with Gasteiger partial charge in [0.15, 0.2) is 17.8 Å². The van der Waals surface area contributed by atoms with Crippen LogP contribution in [-0.4, -0.2) is 31.3 Å². The van der Waals surface area contributed by atoms with Gasteiger partial charge in [0.05, 0.1) is 19.3 Å². The summed E-state index contributed by atoms with van der Waals surface area (Å²) in [5.74, 6) is 0.00408. The topological polar surface area (TPSA) is 35.5 Å². The third kappa shape index (κ3) is 5.20. The molecule has 3 nitrogen and oxygen atoms in total. The molecule has 0 saturated heterocycles. The molecule has 106 valence electrons. The highest BCUT2D eigenvalue weighted by Crippen LogP contribution is 2.34. The maximum Gasteiger partial charge on any atom is 0.441 e. The molecule has 0 bridgehead atoms. The van der Waals surface area contributed by atoms with Crippen LogP contribution in [-0.2, 0) is 0 Å². The molecule has 0 spiro atoms. The van der Waals surface area contributed by atoms with E-state index < -0.39 is 5.51 Å². The van der Waals surface area contributed by atoms with E-state index in [0.29, 0.717) is 6.29 Å². The summed E-state index contributed by atoms with van der Waals surface area (Å²) in [5, 5.41) is 0.274. The van der Waals surface area contributed by atoms with Gasteiger partial charge in [-0.15, -0.1) is 0 Å². The molecular formula is C11H10ClF3O3S. The Bertz CT molecular complexity index is 452. The van der Waals surface area contributed by atoms with Crippen LogP contribution in [0.1, 0.15) is 10.4 Å². The van der Waals surface area contributed by atoms with Crippen LogP contribution in [0.4, 0.5) is 13.2 Å². The average Bonchev–Trinajstić information content (AvgIpc) is 2.33. The van der Waals surface area contributed by atoms with Crippen LogP contribution in [0.5, 0.6) is 11.5 Å². The summed E-state index contributed by atoms with van der Waals surface area (Å²) in [4.78, 5) is 10.9. The Kier molecular flexibility index (Phi) is 5.81. The van der Waals surface area contributed by atoms with Gasteiger partial charge in [-0.2, -0.15) is 13.2 Å². The highest BCUT2D eigenvalue weighted by atomic mass is 35.5. The lowest BCUT2D eigenvalue weighted by molar-refractivity contribution is -0.0329. The third-order valence-electron chi connectivity index (χ3n) is 1.99. The first kappa shape index (κ1) is 16.0. The molecular weight excluding hydrogens is 305 g/mol. The second kappa shape index (κ2) is 6.91. The molecule has 0 aliphatic heterocycles. The Morgan fingerprint density at radius 3 is 2.63 bits per heavy atom. The predicted molar refractivity (Wildman–Crippen MR) is 67.4 cm³/mol. The van der Waals surface area contributed by atoms with Gasteiger partial charge in [0.1, 0.15) is 0 Å². The second-order valence-corrected chi connectivity index (χ2v) is 4.88. The molecule has 0 radical (unpaired) electrons. The Labute approximate surface area is 117 Å². The monoisotopic (exact) mass is 314 g/mol. The van der Waals surface area contributed by atoms with Crippen LogP contribution in [0.15, 0.2) is 12.1 Å². The van der Waals surface area contributed by atoms with E-state index in [1.807, 2.05) is 0 Å².